The van der Waals surface area contributed by atoms with Gasteiger partial charge in [0.1, 0.15) is 5.82 Å². The number of rotatable bonds is 5. The minimum atomic E-state index is -4.32. The lowest BCUT2D eigenvalue weighted by Gasteiger charge is -2.12. The second kappa shape index (κ2) is 8.07. The average Bonchev–Trinajstić information content (AvgIpc) is 3.07. The van der Waals surface area contributed by atoms with Crippen molar-refractivity contribution in [2.45, 2.75) is 19.1 Å². The van der Waals surface area contributed by atoms with E-state index in [-0.39, 0.29) is 0 Å². The third kappa shape index (κ3) is 4.75. The van der Waals surface area contributed by atoms with Crippen molar-refractivity contribution in [2.75, 3.05) is 13.6 Å². The molecule has 2 heterocycles. The van der Waals surface area contributed by atoms with Gasteiger partial charge in [-0.3, -0.25) is 9.39 Å². The van der Waals surface area contributed by atoms with E-state index in [9.17, 15) is 13.2 Å². The molecule has 0 saturated carbocycles. The summed E-state index contributed by atoms with van der Waals surface area (Å²) >= 11 is 0. The van der Waals surface area contributed by atoms with Crippen LogP contribution in [-0.2, 0) is 19.1 Å². The highest BCUT2D eigenvalue weighted by Crippen LogP contribution is 2.29. The topological polar surface area (TPSA) is 66.6 Å². The molecule has 2 N–H and O–H groups in total. The molecule has 142 valence electrons. The van der Waals surface area contributed by atoms with E-state index in [2.05, 4.69) is 25.8 Å². The van der Waals surface area contributed by atoms with Crippen LogP contribution in [0.15, 0.2) is 53.7 Å². The van der Waals surface area contributed by atoms with Gasteiger partial charge in [-0.15, -0.1) is 10.2 Å². The van der Waals surface area contributed by atoms with Crippen LogP contribution in [0.4, 0.5) is 13.2 Å². The Morgan fingerprint density at radius 1 is 1.07 bits per heavy atom. The van der Waals surface area contributed by atoms with E-state index in [0.29, 0.717) is 25.5 Å². The third-order valence-corrected chi connectivity index (χ3v) is 3.99. The summed E-state index contributed by atoms with van der Waals surface area (Å²) < 4.78 is 39.7. The summed E-state index contributed by atoms with van der Waals surface area (Å²) in [5.74, 6) is 1.39. The van der Waals surface area contributed by atoms with Gasteiger partial charge in [-0.05, 0) is 29.8 Å². The van der Waals surface area contributed by atoms with Crippen molar-refractivity contribution in [3.05, 3.63) is 65.6 Å². The summed E-state index contributed by atoms with van der Waals surface area (Å²) in [6, 6.07) is 10.7. The van der Waals surface area contributed by atoms with E-state index < -0.39 is 11.7 Å². The van der Waals surface area contributed by atoms with Gasteiger partial charge in [0.05, 0.1) is 5.56 Å². The maximum absolute atomic E-state index is 12.6. The highest BCUT2D eigenvalue weighted by Gasteiger charge is 2.29. The minimum Gasteiger partial charge on any atom is -0.356 e. The molecule has 0 fully saturated rings. The van der Waals surface area contributed by atoms with Crippen LogP contribution in [0.5, 0.6) is 0 Å². The van der Waals surface area contributed by atoms with Crippen LogP contribution in [0.25, 0.3) is 5.65 Å². The lowest BCUT2D eigenvalue weighted by Crippen LogP contribution is -2.38. The molecular weight excluding hydrogens is 357 g/mol. The summed E-state index contributed by atoms with van der Waals surface area (Å²) in [6.45, 7) is 0.952. The molecule has 9 heteroatoms. The van der Waals surface area contributed by atoms with Gasteiger partial charge < -0.3 is 10.6 Å². The molecule has 2 aromatic heterocycles. The molecule has 3 aromatic rings. The van der Waals surface area contributed by atoms with Crippen LogP contribution >= 0.6 is 0 Å². The minimum absolute atomic E-state index is 0.367. The number of nitrogens with one attached hydrogen (secondary N) is 2. The maximum atomic E-state index is 12.6. The molecule has 0 unspecified atom stereocenters. The SMILES string of the molecule is CN=C(NCCc1nnc2ccccn12)NCc1ccc(C(F)(F)F)cc1. The fourth-order valence-corrected chi connectivity index (χ4v) is 2.57. The molecule has 0 aliphatic carbocycles. The quantitative estimate of drug-likeness (QED) is 0.531. The molecule has 0 aliphatic heterocycles. The van der Waals surface area contributed by atoms with Gasteiger partial charge >= 0.3 is 6.18 Å². The van der Waals surface area contributed by atoms with E-state index in [1.54, 1.807) is 7.05 Å². The van der Waals surface area contributed by atoms with Crippen molar-refractivity contribution in [2.24, 2.45) is 4.99 Å². The smallest absolute Gasteiger partial charge is 0.356 e. The molecule has 0 spiro atoms. The predicted molar refractivity (Wildman–Crippen MR) is 96.3 cm³/mol. The van der Waals surface area contributed by atoms with Crippen LogP contribution in [0.2, 0.25) is 0 Å². The Labute approximate surface area is 154 Å². The first-order valence-electron chi connectivity index (χ1n) is 8.36. The van der Waals surface area contributed by atoms with E-state index in [1.807, 2.05) is 28.8 Å². The highest BCUT2D eigenvalue weighted by molar-refractivity contribution is 5.79. The summed E-state index contributed by atoms with van der Waals surface area (Å²) in [6.07, 6.45) is -1.77. The van der Waals surface area contributed by atoms with Crippen molar-refractivity contribution < 1.29 is 13.2 Å². The number of benzene rings is 1. The van der Waals surface area contributed by atoms with Gasteiger partial charge in [0.25, 0.3) is 0 Å². The summed E-state index contributed by atoms with van der Waals surface area (Å²) in [7, 11) is 1.63. The van der Waals surface area contributed by atoms with Crippen molar-refractivity contribution in [1.82, 2.24) is 25.2 Å². The highest BCUT2D eigenvalue weighted by atomic mass is 19.4. The van der Waals surface area contributed by atoms with Crippen LogP contribution in [-0.4, -0.2) is 34.2 Å². The van der Waals surface area contributed by atoms with E-state index in [1.165, 1.54) is 12.1 Å². The number of nitrogens with zero attached hydrogens (tertiary/aromatic N) is 4. The summed E-state index contributed by atoms with van der Waals surface area (Å²) in [5, 5.41) is 14.5. The Morgan fingerprint density at radius 3 is 2.56 bits per heavy atom. The lowest BCUT2D eigenvalue weighted by molar-refractivity contribution is -0.137. The molecule has 6 nitrogen and oxygen atoms in total. The van der Waals surface area contributed by atoms with Crippen molar-refractivity contribution in [3.63, 3.8) is 0 Å². The van der Waals surface area contributed by atoms with Crippen LogP contribution in [0.3, 0.4) is 0 Å². The fraction of sp³-hybridized carbons (Fsp3) is 0.278. The Kier molecular flexibility index (Phi) is 5.58. The normalized spacial score (nSPS) is 12.4. The second-order valence-corrected chi connectivity index (χ2v) is 5.84. The Morgan fingerprint density at radius 2 is 1.85 bits per heavy atom. The zero-order chi connectivity index (χ0) is 19.3. The number of aliphatic imine (C=N–C) groups is 1. The summed E-state index contributed by atoms with van der Waals surface area (Å²) in [5.41, 5.74) is 0.862. The zero-order valence-electron chi connectivity index (χ0n) is 14.7. The molecule has 3 rings (SSSR count). The van der Waals surface area contributed by atoms with Crippen molar-refractivity contribution in [1.29, 1.82) is 0 Å². The number of aromatic nitrogens is 3. The molecule has 0 bridgehead atoms. The van der Waals surface area contributed by atoms with Gasteiger partial charge in [0.2, 0.25) is 0 Å². The van der Waals surface area contributed by atoms with Gasteiger partial charge in [-0.25, -0.2) is 0 Å². The number of pyridine rings is 1. The number of hydrogen-bond donors (Lipinski definition) is 2. The fourth-order valence-electron chi connectivity index (χ4n) is 2.57. The molecule has 27 heavy (non-hydrogen) atoms. The molecule has 0 atom stereocenters. The van der Waals surface area contributed by atoms with Gasteiger partial charge in [0.15, 0.2) is 11.6 Å². The van der Waals surface area contributed by atoms with Crippen LogP contribution < -0.4 is 10.6 Å². The maximum Gasteiger partial charge on any atom is 0.416 e. The molecular formula is C18H19F3N6. The molecule has 0 aliphatic rings. The molecule has 0 amide bonds. The number of fused-ring (bicyclic) bond motifs is 1. The number of halogens is 3. The van der Waals surface area contributed by atoms with Crippen molar-refractivity contribution >= 4 is 11.6 Å². The van der Waals surface area contributed by atoms with Crippen molar-refractivity contribution in [3.8, 4) is 0 Å². The molecule has 1 aromatic carbocycles. The lowest BCUT2D eigenvalue weighted by atomic mass is 10.1. The Balaban J connectivity index is 1.49. The first kappa shape index (κ1) is 18.7. The van der Waals surface area contributed by atoms with Gasteiger partial charge in [-0.1, -0.05) is 18.2 Å². The first-order chi connectivity index (χ1) is 13.0. The van der Waals surface area contributed by atoms with Gasteiger partial charge in [0, 0.05) is 32.8 Å². The Bertz CT molecular complexity index is 915. The predicted octanol–water partition coefficient (Wildman–Crippen LogP) is 2.66. The largest absolute Gasteiger partial charge is 0.416 e. The average molecular weight is 376 g/mol. The number of guanidine groups is 1. The number of hydrogen-bond acceptors (Lipinski definition) is 3. The van der Waals surface area contributed by atoms with Crippen LogP contribution in [0, 0.1) is 0 Å². The first-order valence-corrected chi connectivity index (χ1v) is 8.36. The Hall–Kier alpha value is -3.10. The molecule has 0 radical (unpaired) electrons. The standard InChI is InChI=1S/C18H19F3N6/c1-22-17(24-12-13-5-7-14(8-6-13)18(19,20)21)23-10-9-16-26-25-15-4-2-3-11-27(15)16/h2-8,11H,9-10,12H2,1H3,(H2,22,23,24). The summed E-state index contributed by atoms with van der Waals surface area (Å²) in [4.78, 5) is 4.11. The molecule has 0 saturated heterocycles. The number of alkyl halides is 3. The third-order valence-electron chi connectivity index (χ3n) is 3.99. The zero-order valence-corrected chi connectivity index (χ0v) is 14.7. The van der Waals surface area contributed by atoms with Gasteiger partial charge in [-0.2, -0.15) is 13.2 Å². The van der Waals surface area contributed by atoms with Crippen LogP contribution in [0.1, 0.15) is 17.0 Å². The van der Waals surface area contributed by atoms with E-state index in [4.69, 9.17) is 0 Å². The van der Waals surface area contributed by atoms with E-state index >= 15 is 0 Å². The van der Waals surface area contributed by atoms with E-state index in [0.717, 1.165) is 29.2 Å². The monoisotopic (exact) mass is 376 g/mol. The second-order valence-electron chi connectivity index (χ2n) is 5.84.